The Morgan fingerprint density at radius 3 is 2.50 bits per heavy atom. The second kappa shape index (κ2) is 6.77. The summed E-state index contributed by atoms with van der Waals surface area (Å²) < 4.78 is 0. The van der Waals surface area contributed by atoms with Gasteiger partial charge in [0.05, 0.1) is 0 Å². The van der Waals surface area contributed by atoms with Crippen molar-refractivity contribution in [1.82, 2.24) is 0 Å². The summed E-state index contributed by atoms with van der Waals surface area (Å²) in [6.45, 7) is 3.22. The van der Waals surface area contributed by atoms with Crippen molar-refractivity contribution in [3.8, 4) is 0 Å². The number of aryl methyl sites for hydroxylation is 1. The maximum atomic E-state index is 4.17. The van der Waals surface area contributed by atoms with Gasteiger partial charge in [0.2, 0.25) is 0 Å². The molecule has 0 radical (unpaired) electrons. The molecule has 0 heterocycles. The third-order valence-electron chi connectivity index (χ3n) is 2.16. The van der Waals surface area contributed by atoms with Gasteiger partial charge in [-0.1, -0.05) is 25.5 Å². The van der Waals surface area contributed by atoms with E-state index >= 15 is 0 Å². The number of hydrogen-bond donors (Lipinski definition) is 2. The molecule has 0 aliphatic carbocycles. The maximum Gasteiger partial charge on any atom is 0.0340 e. The lowest BCUT2D eigenvalue weighted by molar-refractivity contribution is 0.921. The minimum absolute atomic E-state index is 0.945. The summed E-state index contributed by atoms with van der Waals surface area (Å²) in [6.07, 6.45) is 3.50. The van der Waals surface area contributed by atoms with Crippen LogP contribution >= 0.6 is 12.6 Å². The highest BCUT2D eigenvalue weighted by molar-refractivity contribution is 7.80. The smallest absolute Gasteiger partial charge is 0.0340 e. The van der Waals surface area contributed by atoms with Gasteiger partial charge in [-0.15, -0.1) is 0 Å². The Kier molecular flexibility index (Phi) is 5.53. The first-order valence-electron chi connectivity index (χ1n) is 5.30. The summed E-state index contributed by atoms with van der Waals surface area (Å²) in [4.78, 5) is 0. The highest BCUT2D eigenvalue weighted by Gasteiger charge is 1.92. The Morgan fingerprint density at radius 2 is 1.93 bits per heavy atom. The number of hydrogen-bond acceptors (Lipinski definition) is 2. The maximum absolute atomic E-state index is 4.17. The number of nitrogens with one attached hydrogen (secondary N) is 1. The van der Waals surface area contributed by atoms with E-state index in [2.05, 4.69) is 49.1 Å². The molecule has 0 fully saturated rings. The molecule has 0 bridgehead atoms. The number of anilines is 1. The monoisotopic (exact) mass is 209 g/mol. The molecule has 1 nitrogen and oxygen atoms in total. The average Bonchev–Trinajstić information content (AvgIpc) is 2.21. The molecule has 0 atom stereocenters. The van der Waals surface area contributed by atoms with Crippen molar-refractivity contribution in [3.63, 3.8) is 0 Å². The first kappa shape index (κ1) is 11.4. The molecule has 0 aliphatic heterocycles. The average molecular weight is 209 g/mol. The van der Waals surface area contributed by atoms with Crippen LogP contribution in [0.4, 0.5) is 5.69 Å². The molecule has 1 rings (SSSR count). The van der Waals surface area contributed by atoms with Crippen molar-refractivity contribution in [1.29, 1.82) is 0 Å². The fourth-order valence-corrected chi connectivity index (χ4v) is 1.55. The lowest BCUT2D eigenvalue weighted by Gasteiger charge is -2.06. The van der Waals surface area contributed by atoms with Crippen molar-refractivity contribution >= 4 is 18.3 Å². The van der Waals surface area contributed by atoms with E-state index in [-0.39, 0.29) is 0 Å². The molecule has 0 saturated carbocycles. The summed E-state index contributed by atoms with van der Waals surface area (Å²) in [6, 6.07) is 8.71. The number of thiol groups is 1. The number of rotatable bonds is 6. The van der Waals surface area contributed by atoms with Crippen LogP contribution in [-0.4, -0.2) is 12.3 Å². The molecular weight excluding hydrogens is 190 g/mol. The lowest BCUT2D eigenvalue weighted by Crippen LogP contribution is -2.01. The highest BCUT2D eigenvalue weighted by Crippen LogP contribution is 2.10. The quantitative estimate of drug-likeness (QED) is 0.541. The first-order chi connectivity index (χ1) is 6.86. The SMILES string of the molecule is CCCc1ccc(NCCCS)cc1. The Labute approximate surface area is 92.3 Å². The molecule has 14 heavy (non-hydrogen) atoms. The van der Waals surface area contributed by atoms with Gasteiger partial charge in [0.1, 0.15) is 0 Å². The van der Waals surface area contributed by atoms with E-state index in [0.717, 1.165) is 18.7 Å². The van der Waals surface area contributed by atoms with Gasteiger partial charge in [-0.05, 0) is 36.3 Å². The fraction of sp³-hybridized carbons (Fsp3) is 0.500. The van der Waals surface area contributed by atoms with E-state index in [1.165, 1.54) is 24.1 Å². The Balaban J connectivity index is 2.38. The molecular formula is C12H19NS. The van der Waals surface area contributed by atoms with Crippen LogP contribution in [0.3, 0.4) is 0 Å². The van der Waals surface area contributed by atoms with Crippen molar-refractivity contribution in [2.24, 2.45) is 0 Å². The van der Waals surface area contributed by atoms with Crippen LogP contribution in [0.2, 0.25) is 0 Å². The molecule has 1 aromatic rings. The molecule has 1 aromatic carbocycles. The molecule has 0 saturated heterocycles. The predicted octanol–water partition coefficient (Wildman–Crippen LogP) is 3.37. The molecule has 1 N–H and O–H groups in total. The molecule has 0 amide bonds. The third kappa shape index (κ3) is 4.05. The Bertz CT molecular complexity index is 243. The van der Waals surface area contributed by atoms with Crippen LogP contribution in [0.15, 0.2) is 24.3 Å². The van der Waals surface area contributed by atoms with Crippen molar-refractivity contribution in [2.75, 3.05) is 17.6 Å². The van der Waals surface area contributed by atoms with Gasteiger partial charge in [0, 0.05) is 12.2 Å². The topological polar surface area (TPSA) is 12.0 Å². The molecule has 0 aromatic heterocycles. The summed E-state index contributed by atoms with van der Waals surface area (Å²) in [5.41, 5.74) is 2.64. The van der Waals surface area contributed by atoms with E-state index in [4.69, 9.17) is 0 Å². The van der Waals surface area contributed by atoms with Gasteiger partial charge in [0.15, 0.2) is 0 Å². The zero-order valence-electron chi connectivity index (χ0n) is 8.79. The van der Waals surface area contributed by atoms with Crippen molar-refractivity contribution in [3.05, 3.63) is 29.8 Å². The van der Waals surface area contributed by atoms with Crippen molar-refractivity contribution < 1.29 is 0 Å². The normalized spacial score (nSPS) is 10.1. The zero-order valence-corrected chi connectivity index (χ0v) is 9.69. The molecule has 0 spiro atoms. The van der Waals surface area contributed by atoms with Gasteiger partial charge in [0.25, 0.3) is 0 Å². The molecule has 0 aliphatic rings. The summed E-state index contributed by atoms with van der Waals surface area (Å²) in [5.74, 6) is 0.945. The Morgan fingerprint density at radius 1 is 1.21 bits per heavy atom. The van der Waals surface area contributed by atoms with E-state index in [1.807, 2.05) is 0 Å². The van der Waals surface area contributed by atoms with Gasteiger partial charge in [-0.25, -0.2) is 0 Å². The van der Waals surface area contributed by atoms with Crippen LogP contribution in [0.5, 0.6) is 0 Å². The van der Waals surface area contributed by atoms with Gasteiger partial charge in [-0.3, -0.25) is 0 Å². The molecule has 2 heteroatoms. The standard InChI is InChI=1S/C12H19NS/c1-2-4-11-5-7-12(8-6-11)13-9-3-10-14/h5-8,13-14H,2-4,9-10H2,1H3. The predicted molar refractivity (Wildman–Crippen MR) is 67.4 cm³/mol. The largest absolute Gasteiger partial charge is 0.385 e. The summed E-state index contributed by atoms with van der Waals surface area (Å²) in [5, 5.41) is 3.37. The summed E-state index contributed by atoms with van der Waals surface area (Å²) >= 11 is 4.17. The van der Waals surface area contributed by atoms with E-state index in [0.29, 0.717) is 0 Å². The molecule has 0 unspecified atom stereocenters. The minimum Gasteiger partial charge on any atom is -0.385 e. The lowest BCUT2D eigenvalue weighted by atomic mass is 10.1. The highest BCUT2D eigenvalue weighted by atomic mass is 32.1. The second-order valence-electron chi connectivity index (χ2n) is 3.45. The second-order valence-corrected chi connectivity index (χ2v) is 3.90. The molecule has 78 valence electrons. The van der Waals surface area contributed by atoms with Crippen LogP contribution in [0, 0.1) is 0 Å². The van der Waals surface area contributed by atoms with E-state index < -0.39 is 0 Å². The van der Waals surface area contributed by atoms with Crippen LogP contribution < -0.4 is 5.32 Å². The van der Waals surface area contributed by atoms with Gasteiger partial charge >= 0.3 is 0 Å². The van der Waals surface area contributed by atoms with Crippen LogP contribution in [-0.2, 0) is 6.42 Å². The first-order valence-corrected chi connectivity index (χ1v) is 5.93. The number of benzene rings is 1. The zero-order chi connectivity index (χ0) is 10.2. The van der Waals surface area contributed by atoms with Crippen LogP contribution in [0.25, 0.3) is 0 Å². The van der Waals surface area contributed by atoms with Gasteiger partial charge < -0.3 is 5.32 Å². The summed E-state index contributed by atoms with van der Waals surface area (Å²) in [7, 11) is 0. The van der Waals surface area contributed by atoms with E-state index in [9.17, 15) is 0 Å². The van der Waals surface area contributed by atoms with Gasteiger partial charge in [-0.2, -0.15) is 12.6 Å². The fourth-order valence-electron chi connectivity index (χ4n) is 1.39. The Hall–Kier alpha value is -0.630. The third-order valence-corrected chi connectivity index (χ3v) is 2.47. The van der Waals surface area contributed by atoms with Crippen LogP contribution in [0.1, 0.15) is 25.3 Å². The minimum atomic E-state index is 0.945. The van der Waals surface area contributed by atoms with E-state index in [1.54, 1.807) is 0 Å². The van der Waals surface area contributed by atoms with Crippen molar-refractivity contribution in [2.45, 2.75) is 26.2 Å².